The van der Waals surface area contributed by atoms with E-state index in [0.29, 0.717) is 13.0 Å². The zero-order chi connectivity index (χ0) is 15.7. The third kappa shape index (κ3) is 6.79. The number of hydrogen-bond acceptors (Lipinski definition) is 4. The lowest BCUT2D eigenvalue weighted by Crippen LogP contribution is -2.43. The summed E-state index contributed by atoms with van der Waals surface area (Å²) in [7, 11) is 0. The van der Waals surface area contributed by atoms with E-state index in [9.17, 15) is 9.59 Å². The quantitative estimate of drug-likeness (QED) is 0.785. The number of nitrogens with one attached hydrogen (secondary N) is 1. The molecular formula is C16H23NO4. The number of alkyl carbamates (subject to hydrolysis) is 1. The van der Waals surface area contributed by atoms with Crippen LogP contribution in [0.4, 0.5) is 4.79 Å². The minimum atomic E-state index is -0.744. The molecule has 1 aromatic rings. The van der Waals surface area contributed by atoms with Crippen molar-refractivity contribution in [2.45, 2.75) is 33.2 Å². The predicted molar refractivity (Wildman–Crippen MR) is 79.9 cm³/mol. The normalized spacial score (nSPS) is 11.8. The molecule has 0 aliphatic rings. The van der Waals surface area contributed by atoms with E-state index in [1.807, 2.05) is 44.2 Å². The topological polar surface area (TPSA) is 64.6 Å². The Morgan fingerprint density at radius 2 is 1.81 bits per heavy atom. The molecule has 0 bridgehead atoms. The molecule has 0 fully saturated rings. The molecule has 1 N–H and O–H groups in total. The maximum atomic E-state index is 11.9. The zero-order valence-electron chi connectivity index (χ0n) is 12.8. The van der Waals surface area contributed by atoms with E-state index in [0.717, 1.165) is 5.56 Å². The van der Waals surface area contributed by atoms with Crippen molar-refractivity contribution in [1.29, 1.82) is 0 Å². The van der Waals surface area contributed by atoms with Crippen LogP contribution in [0.15, 0.2) is 30.3 Å². The fourth-order valence-corrected chi connectivity index (χ4v) is 1.71. The van der Waals surface area contributed by atoms with E-state index in [1.165, 1.54) is 0 Å². The number of carbonyl (C=O) groups excluding carboxylic acids is 2. The van der Waals surface area contributed by atoms with Crippen LogP contribution in [0, 0.1) is 5.92 Å². The van der Waals surface area contributed by atoms with Crippen molar-refractivity contribution in [3.63, 3.8) is 0 Å². The van der Waals surface area contributed by atoms with Crippen LogP contribution in [0.5, 0.6) is 0 Å². The van der Waals surface area contributed by atoms with Crippen LogP contribution in [0.1, 0.15) is 26.3 Å². The maximum Gasteiger partial charge on any atom is 0.407 e. The predicted octanol–water partition coefficient (Wildman–Crippen LogP) is 2.54. The largest absolute Gasteiger partial charge is 0.464 e. The first-order chi connectivity index (χ1) is 10.0. The van der Waals surface area contributed by atoms with Crippen LogP contribution in [0.25, 0.3) is 0 Å². The van der Waals surface area contributed by atoms with Crippen molar-refractivity contribution in [3.05, 3.63) is 35.9 Å². The Balaban J connectivity index is 2.64. The van der Waals surface area contributed by atoms with Gasteiger partial charge >= 0.3 is 12.1 Å². The molecule has 0 aliphatic carbocycles. The maximum absolute atomic E-state index is 11.9. The van der Waals surface area contributed by atoms with Crippen LogP contribution in [0.3, 0.4) is 0 Å². The highest BCUT2D eigenvalue weighted by Gasteiger charge is 2.23. The number of carbonyl (C=O) groups is 2. The first-order valence-electron chi connectivity index (χ1n) is 7.16. The number of ether oxygens (including phenoxy) is 2. The molecule has 0 heterocycles. The molecule has 0 aliphatic heterocycles. The van der Waals surface area contributed by atoms with Gasteiger partial charge in [0.2, 0.25) is 0 Å². The van der Waals surface area contributed by atoms with E-state index in [-0.39, 0.29) is 12.5 Å². The van der Waals surface area contributed by atoms with Crippen LogP contribution in [0.2, 0.25) is 0 Å². The van der Waals surface area contributed by atoms with Gasteiger partial charge in [-0.2, -0.15) is 0 Å². The Labute approximate surface area is 125 Å². The molecule has 5 heteroatoms. The van der Waals surface area contributed by atoms with Crippen molar-refractivity contribution < 1.29 is 19.1 Å². The third-order valence-electron chi connectivity index (χ3n) is 2.69. The number of hydrogen-bond donors (Lipinski definition) is 1. The lowest BCUT2D eigenvalue weighted by Gasteiger charge is -2.17. The molecule has 1 rings (SSSR count). The average molecular weight is 293 g/mol. The summed E-state index contributed by atoms with van der Waals surface area (Å²) in [5, 5.41) is 2.57. The van der Waals surface area contributed by atoms with Gasteiger partial charge in [0.05, 0.1) is 13.2 Å². The van der Waals surface area contributed by atoms with Crippen LogP contribution in [-0.4, -0.2) is 31.3 Å². The minimum absolute atomic E-state index is 0.242. The van der Waals surface area contributed by atoms with Crippen molar-refractivity contribution in [2.24, 2.45) is 5.92 Å². The van der Waals surface area contributed by atoms with E-state index in [4.69, 9.17) is 9.47 Å². The number of esters is 1. The van der Waals surface area contributed by atoms with Gasteiger partial charge in [-0.05, 0) is 18.4 Å². The third-order valence-corrected chi connectivity index (χ3v) is 2.69. The second kappa shape index (κ2) is 9.00. The van der Waals surface area contributed by atoms with Crippen LogP contribution in [-0.2, 0) is 20.7 Å². The summed E-state index contributed by atoms with van der Waals surface area (Å²) in [5.41, 5.74) is 0.944. The van der Waals surface area contributed by atoms with Gasteiger partial charge in [0.25, 0.3) is 0 Å². The number of amides is 1. The summed E-state index contributed by atoms with van der Waals surface area (Å²) in [5.74, 6) is -0.214. The summed E-state index contributed by atoms with van der Waals surface area (Å²) in [6.45, 7) is 6.20. The van der Waals surface area contributed by atoms with Gasteiger partial charge < -0.3 is 14.8 Å². The molecule has 0 saturated carbocycles. The SMILES string of the molecule is CCOC(=O)C(Cc1ccccc1)NC(=O)OCC(C)C. The van der Waals surface area contributed by atoms with E-state index in [2.05, 4.69) is 5.32 Å². The van der Waals surface area contributed by atoms with Crippen molar-refractivity contribution in [1.82, 2.24) is 5.32 Å². The summed E-state index contributed by atoms with van der Waals surface area (Å²) >= 11 is 0. The summed E-state index contributed by atoms with van der Waals surface area (Å²) in [4.78, 5) is 23.6. The Morgan fingerprint density at radius 1 is 1.14 bits per heavy atom. The number of benzene rings is 1. The van der Waals surface area contributed by atoms with Gasteiger partial charge in [0.1, 0.15) is 6.04 Å². The Hall–Kier alpha value is -2.04. The molecule has 1 amide bonds. The van der Waals surface area contributed by atoms with Crippen LogP contribution < -0.4 is 5.32 Å². The van der Waals surface area contributed by atoms with E-state index >= 15 is 0 Å². The highest BCUT2D eigenvalue weighted by molar-refractivity contribution is 5.81. The number of rotatable bonds is 7. The summed E-state index contributed by atoms with van der Waals surface area (Å²) in [6.07, 6.45) is -0.228. The molecule has 1 atom stereocenters. The monoisotopic (exact) mass is 293 g/mol. The highest BCUT2D eigenvalue weighted by atomic mass is 16.6. The average Bonchev–Trinajstić information content (AvgIpc) is 2.46. The van der Waals surface area contributed by atoms with Gasteiger partial charge in [0.15, 0.2) is 0 Å². The van der Waals surface area contributed by atoms with Gasteiger partial charge in [0, 0.05) is 6.42 Å². The van der Waals surface area contributed by atoms with Gasteiger partial charge in [-0.1, -0.05) is 44.2 Å². The molecule has 0 aromatic heterocycles. The lowest BCUT2D eigenvalue weighted by molar-refractivity contribution is -0.145. The Morgan fingerprint density at radius 3 is 2.38 bits per heavy atom. The molecule has 1 unspecified atom stereocenters. The summed E-state index contributed by atoms with van der Waals surface area (Å²) < 4.78 is 10.0. The molecule has 0 radical (unpaired) electrons. The minimum Gasteiger partial charge on any atom is -0.464 e. The lowest BCUT2D eigenvalue weighted by atomic mass is 10.1. The van der Waals surface area contributed by atoms with Gasteiger partial charge in [-0.25, -0.2) is 9.59 Å². The first-order valence-corrected chi connectivity index (χ1v) is 7.16. The first kappa shape index (κ1) is 17.0. The molecule has 0 saturated heterocycles. The van der Waals surface area contributed by atoms with Gasteiger partial charge in [-0.3, -0.25) is 0 Å². The second-order valence-corrected chi connectivity index (χ2v) is 5.13. The van der Waals surface area contributed by atoms with Gasteiger partial charge in [-0.15, -0.1) is 0 Å². The zero-order valence-corrected chi connectivity index (χ0v) is 12.8. The smallest absolute Gasteiger partial charge is 0.407 e. The van der Waals surface area contributed by atoms with Crippen molar-refractivity contribution in [3.8, 4) is 0 Å². The Kier molecular flexibility index (Phi) is 7.29. The van der Waals surface area contributed by atoms with Crippen molar-refractivity contribution >= 4 is 12.1 Å². The fourth-order valence-electron chi connectivity index (χ4n) is 1.71. The van der Waals surface area contributed by atoms with E-state index in [1.54, 1.807) is 6.92 Å². The van der Waals surface area contributed by atoms with Crippen molar-refractivity contribution in [2.75, 3.05) is 13.2 Å². The standard InChI is InChI=1S/C16H23NO4/c1-4-20-15(18)14(10-13-8-6-5-7-9-13)17-16(19)21-11-12(2)3/h5-9,12,14H,4,10-11H2,1-3H3,(H,17,19). The molecule has 0 spiro atoms. The Bertz CT molecular complexity index is 445. The molecule has 116 valence electrons. The molecule has 21 heavy (non-hydrogen) atoms. The molecule has 1 aromatic carbocycles. The fraction of sp³-hybridized carbons (Fsp3) is 0.500. The second-order valence-electron chi connectivity index (χ2n) is 5.13. The molecular weight excluding hydrogens is 270 g/mol. The highest BCUT2D eigenvalue weighted by Crippen LogP contribution is 2.05. The molecule has 5 nitrogen and oxygen atoms in total. The summed E-state index contributed by atoms with van der Waals surface area (Å²) in [6, 6.07) is 8.71. The van der Waals surface area contributed by atoms with E-state index < -0.39 is 18.1 Å². The van der Waals surface area contributed by atoms with Crippen LogP contribution >= 0.6 is 0 Å².